The molecule has 0 saturated heterocycles. The second kappa shape index (κ2) is 5.14. The van der Waals surface area contributed by atoms with E-state index in [2.05, 4.69) is 5.32 Å². The summed E-state index contributed by atoms with van der Waals surface area (Å²) in [6, 6.07) is 0. The number of allylic oxidation sites excluding steroid dienone is 6. The topological polar surface area (TPSA) is 29.1 Å². The van der Waals surface area contributed by atoms with Gasteiger partial charge in [-0.05, 0) is 12.5 Å². The van der Waals surface area contributed by atoms with E-state index in [-0.39, 0.29) is 5.91 Å². The van der Waals surface area contributed by atoms with Crippen LogP contribution in [0.4, 0.5) is 0 Å². The molecule has 0 unspecified atom stereocenters. The Balaban J connectivity index is 2.82. The van der Waals surface area contributed by atoms with Gasteiger partial charge in [0.2, 0.25) is 0 Å². The normalized spacial score (nSPS) is 24.5. The minimum Gasteiger partial charge on any atom is -0.355 e. The molecule has 1 rings (SSSR count). The zero-order valence-electron chi connectivity index (χ0n) is 7.66. The summed E-state index contributed by atoms with van der Waals surface area (Å²) in [6.45, 7) is 0. The molecule has 0 aromatic rings. The van der Waals surface area contributed by atoms with Crippen molar-refractivity contribution >= 4 is 5.91 Å². The Morgan fingerprint density at radius 2 is 2.15 bits per heavy atom. The van der Waals surface area contributed by atoms with Crippen LogP contribution < -0.4 is 5.32 Å². The summed E-state index contributed by atoms with van der Waals surface area (Å²) < 4.78 is 0. The van der Waals surface area contributed by atoms with E-state index in [9.17, 15) is 4.79 Å². The quantitative estimate of drug-likeness (QED) is 0.646. The predicted octanol–water partition coefficient (Wildman–Crippen LogP) is 1.73. The fourth-order valence-electron chi connectivity index (χ4n) is 1.01. The van der Waals surface area contributed by atoms with Gasteiger partial charge in [0, 0.05) is 12.6 Å². The number of carbonyl (C=O) groups is 1. The van der Waals surface area contributed by atoms with E-state index in [4.69, 9.17) is 0 Å². The van der Waals surface area contributed by atoms with Gasteiger partial charge >= 0.3 is 0 Å². The molecule has 0 aromatic carbocycles. The van der Waals surface area contributed by atoms with Crippen molar-refractivity contribution in [1.82, 2.24) is 5.32 Å². The molecular weight excluding hydrogens is 162 g/mol. The van der Waals surface area contributed by atoms with Gasteiger partial charge in [0.1, 0.15) is 0 Å². The van der Waals surface area contributed by atoms with E-state index < -0.39 is 0 Å². The largest absolute Gasteiger partial charge is 0.355 e. The highest BCUT2D eigenvalue weighted by atomic mass is 16.1. The van der Waals surface area contributed by atoms with E-state index in [0.717, 1.165) is 6.42 Å². The van der Waals surface area contributed by atoms with Crippen molar-refractivity contribution in [1.29, 1.82) is 0 Å². The minimum atomic E-state index is -0.0530. The monoisotopic (exact) mass is 175 g/mol. The highest BCUT2D eigenvalue weighted by Gasteiger charge is 2.00. The zero-order chi connectivity index (χ0) is 9.52. The van der Waals surface area contributed by atoms with Gasteiger partial charge in [0.15, 0.2) is 0 Å². The van der Waals surface area contributed by atoms with E-state index in [1.807, 2.05) is 36.5 Å². The van der Waals surface area contributed by atoms with Crippen LogP contribution in [0.15, 0.2) is 48.1 Å². The van der Waals surface area contributed by atoms with Gasteiger partial charge in [-0.25, -0.2) is 0 Å². The fraction of sp³-hybridized carbons (Fsp3) is 0.182. The van der Waals surface area contributed by atoms with Gasteiger partial charge in [0.05, 0.1) is 0 Å². The van der Waals surface area contributed by atoms with Crippen molar-refractivity contribution < 1.29 is 4.79 Å². The van der Waals surface area contributed by atoms with Crippen LogP contribution in [0.1, 0.15) is 6.42 Å². The third-order valence-corrected chi connectivity index (χ3v) is 1.69. The van der Waals surface area contributed by atoms with Gasteiger partial charge in [-0.1, -0.05) is 36.5 Å². The van der Waals surface area contributed by atoms with Crippen molar-refractivity contribution in [3.8, 4) is 0 Å². The summed E-state index contributed by atoms with van der Waals surface area (Å²) in [5, 5.41) is 2.59. The average molecular weight is 175 g/mol. The lowest BCUT2D eigenvalue weighted by molar-refractivity contribution is -0.116. The second-order valence-corrected chi connectivity index (χ2v) is 2.65. The molecule has 0 radical (unpaired) electrons. The Morgan fingerprint density at radius 1 is 1.31 bits per heavy atom. The Morgan fingerprint density at radius 3 is 2.92 bits per heavy atom. The first-order chi connectivity index (χ1) is 6.34. The summed E-state index contributed by atoms with van der Waals surface area (Å²) >= 11 is 0. The third kappa shape index (κ3) is 3.11. The lowest BCUT2D eigenvalue weighted by Gasteiger charge is -1.97. The average Bonchev–Trinajstić information content (AvgIpc) is 2.29. The van der Waals surface area contributed by atoms with Crippen LogP contribution >= 0.6 is 0 Å². The number of nitrogens with one attached hydrogen (secondary N) is 1. The number of carbonyl (C=O) groups excluding carboxylic acids is 1. The molecule has 0 bridgehead atoms. The zero-order valence-corrected chi connectivity index (χ0v) is 7.66. The van der Waals surface area contributed by atoms with Gasteiger partial charge in [0.25, 0.3) is 5.91 Å². The molecule has 2 nitrogen and oxygen atoms in total. The Kier molecular flexibility index (Phi) is 3.76. The van der Waals surface area contributed by atoms with Crippen molar-refractivity contribution in [2.24, 2.45) is 0 Å². The summed E-state index contributed by atoms with van der Waals surface area (Å²) in [7, 11) is 1.63. The van der Waals surface area contributed by atoms with Gasteiger partial charge in [-0.15, -0.1) is 0 Å². The molecule has 0 spiro atoms. The molecule has 1 N–H and O–H groups in total. The van der Waals surface area contributed by atoms with Crippen LogP contribution in [0.2, 0.25) is 0 Å². The number of hydrogen-bond donors (Lipinski definition) is 1. The van der Waals surface area contributed by atoms with Crippen LogP contribution in [-0.2, 0) is 4.79 Å². The molecule has 0 aromatic heterocycles. The smallest absolute Gasteiger partial charge is 0.251 e. The number of rotatable bonds is 1. The molecule has 0 saturated carbocycles. The first kappa shape index (κ1) is 9.52. The first-order valence-electron chi connectivity index (χ1n) is 4.26. The van der Waals surface area contributed by atoms with Crippen LogP contribution in [0.25, 0.3) is 0 Å². The lowest BCUT2D eigenvalue weighted by Crippen LogP contribution is -2.18. The molecule has 0 aliphatic heterocycles. The second-order valence-electron chi connectivity index (χ2n) is 2.65. The Hall–Kier alpha value is -1.57. The van der Waals surface area contributed by atoms with Gasteiger partial charge in [-0.2, -0.15) is 0 Å². The molecule has 2 heteroatoms. The molecule has 0 heterocycles. The van der Waals surface area contributed by atoms with Crippen LogP contribution in [0, 0.1) is 0 Å². The SMILES string of the molecule is CNC(=O)/C1=C/C=C\C=C/CC=C1. The minimum absolute atomic E-state index is 0.0530. The van der Waals surface area contributed by atoms with E-state index in [0.29, 0.717) is 5.57 Å². The maximum Gasteiger partial charge on any atom is 0.251 e. The van der Waals surface area contributed by atoms with Crippen molar-refractivity contribution in [2.45, 2.75) is 6.42 Å². The van der Waals surface area contributed by atoms with E-state index >= 15 is 0 Å². The molecule has 1 amide bonds. The summed E-state index contributed by atoms with van der Waals surface area (Å²) in [6.07, 6.45) is 14.2. The molecule has 68 valence electrons. The highest BCUT2D eigenvalue weighted by Crippen LogP contribution is 2.02. The van der Waals surface area contributed by atoms with Gasteiger partial charge < -0.3 is 5.32 Å². The van der Waals surface area contributed by atoms with E-state index in [1.165, 1.54) is 0 Å². The van der Waals surface area contributed by atoms with Crippen molar-refractivity contribution in [2.75, 3.05) is 7.05 Å². The van der Waals surface area contributed by atoms with Crippen LogP contribution in [-0.4, -0.2) is 13.0 Å². The number of hydrogen-bond acceptors (Lipinski definition) is 1. The fourth-order valence-corrected chi connectivity index (χ4v) is 1.01. The summed E-state index contributed by atoms with van der Waals surface area (Å²) in [5.41, 5.74) is 0.683. The molecule has 1 aliphatic rings. The lowest BCUT2D eigenvalue weighted by atomic mass is 10.2. The Labute approximate surface area is 78.3 Å². The van der Waals surface area contributed by atoms with Gasteiger partial charge in [-0.3, -0.25) is 4.79 Å². The van der Waals surface area contributed by atoms with Crippen LogP contribution in [0.5, 0.6) is 0 Å². The molecule has 0 atom stereocenters. The predicted molar refractivity (Wildman–Crippen MR) is 54.2 cm³/mol. The maximum absolute atomic E-state index is 11.3. The number of amides is 1. The third-order valence-electron chi connectivity index (χ3n) is 1.69. The van der Waals surface area contributed by atoms with Crippen molar-refractivity contribution in [3.05, 3.63) is 48.1 Å². The summed E-state index contributed by atoms with van der Waals surface area (Å²) in [4.78, 5) is 11.3. The standard InChI is InChI=1S/C11H13NO/c1-12-11(13)10-8-6-4-2-3-5-7-9-10/h2-4,6-9H,5H2,1H3,(H,12,13)/b3-2-,6-4-,9-7?,10-8+. The van der Waals surface area contributed by atoms with Crippen LogP contribution in [0.3, 0.4) is 0 Å². The molecular formula is C11H13NO. The molecule has 1 aliphatic carbocycles. The maximum atomic E-state index is 11.3. The first-order valence-corrected chi connectivity index (χ1v) is 4.26. The molecule has 0 fully saturated rings. The van der Waals surface area contributed by atoms with E-state index in [1.54, 1.807) is 13.1 Å². The summed E-state index contributed by atoms with van der Waals surface area (Å²) in [5.74, 6) is -0.0530. The Bertz CT molecular complexity index is 295. The van der Waals surface area contributed by atoms with Crippen molar-refractivity contribution in [3.63, 3.8) is 0 Å². The highest BCUT2D eigenvalue weighted by molar-refractivity contribution is 5.96. The number of likely N-dealkylation sites (N-methyl/N-ethyl adjacent to an activating group) is 1. The molecule has 13 heavy (non-hydrogen) atoms.